The Kier molecular flexibility index (Phi) is 7.16. The van der Waals surface area contributed by atoms with E-state index in [0.29, 0.717) is 25.2 Å². The zero-order valence-electron chi connectivity index (χ0n) is 10.8. The normalized spacial score (nSPS) is 24.6. The van der Waals surface area contributed by atoms with Crippen LogP contribution in [0.15, 0.2) is 0 Å². The molecule has 0 spiro atoms. The van der Waals surface area contributed by atoms with Gasteiger partial charge in [-0.2, -0.15) is 0 Å². The number of amides is 1. The van der Waals surface area contributed by atoms with Gasteiger partial charge < -0.3 is 20.1 Å². The van der Waals surface area contributed by atoms with Gasteiger partial charge in [-0.3, -0.25) is 4.79 Å². The van der Waals surface area contributed by atoms with Gasteiger partial charge in [0.25, 0.3) is 0 Å². The Hall–Kier alpha value is -0.650. The summed E-state index contributed by atoms with van der Waals surface area (Å²) in [7, 11) is 1.61. The number of hydrogen-bond donors (Lipinski definition) is 2. The Balaban J connectivity index is 1.99. The summed E-state index contributed by atoms with van der Waals surface area (Å²) in [4.78, 5) is 11.4. The molecule has 0 aromatic rings. The van der Waals surface area contributed by atoms with Crippen LogP contribution in [0.4, 0.5) is 0 Å². The van der Waals surface area contributed by atoms with E-state index >= 15 is 0 Å². The van der Waals surface area contributed by atoms with Gasteiger partial charge in [0.2, 0.25) is 5.91 Å². The van der Waals surface area contributed by atoms with E-state index in [1.807, 2.05) is 0 Å². The number of piperidine rings is 1. The van der Waals surface area contributed by atoms with Gasteiger partial charge in [-0.05, 0) is 32.2 Å². The number of rotatable bonds is 7. The highest BCUT2D eigenvalue weighted by molar-refractivity contribution is 5.77. The number of hydrogen-bond acceptors (Lipinski definition) is 4. The predicted molar refractivity (Wildman–Crippen MR) is 65.9 cm³/mol. The molecule has 1 aliphatic rings. The van der Waals surface area contributed by atoms with Crippen LogP contribution in [0.2, 0.25) is 0 Å². The topological polar surface area (TPSA) is 59.6 Å². The molecule has 1 amide bonds. The molecule has 0 bridgehead atoms. The van der Waals surface area contributed by atoms with Crippen molar-refractivity contribution in [2.24, 2.45) is 5.92 Å². The van der Waals surface area contributed by atoms with E-state index in [-0.39, 0.29) is 12.5 Å². The molecule has 1 fully saturated rings. The van der Waals surface area contributed by atoms with Crippen LogP contribution in [-0.2, 0) is 14.3 Å². The third-order valence-electron chi connectivity index (χ3n) is 3.02. The van der Waals surface area contributed by atoms with E-state index in [1.54, 1.807) is 7.11 Å². The van der Waals surface area contributed by atoms with E-state index in [1.165, 1.54) is 12.8 Å². The molecule has 17 heavy (non-hydrogen) atoms. The number of carbonyl (C=O) groups is 1. The molecular formula is C12H24N2O3. The molecule has 100 valence electrons. The maximum absolute atomic E-state index is 11.4. The van der Waals surface area contributed by atoms with Gasteiger partial charge in [-0.1, -0.05) is 0 Å². The average Bonchev–Trinajstić information content (AvgIpc) is 2.34. The Morgan fingerprint density at radius 2 is 2.24 bits per heavy atom. The van der Waals surface area contributed by atoms with Crippen molar-refractivity contribution in [2.75, 3.05) is 40.0 Å². The van der Waals surface area contributed by atoms with Crippen LogP contribution >= 0.6 is 0 Å². The molecule has 2 N–H and O–H groups in total. The summed E-state index contributed by atoms with van der Waals surface area (Å²) in [6.45, 7) is 5.04. The summed E-state index contributed by atoms with van der Waals surface area (Å²) < 4.78 is 9.96. The van der Waals surface area contributed by atoms with Crippen molar-refractivity contribution in [2.45, 2.75) is 25.8 Å². The van der Waals surface area contributed by atoms with Crippen LogP contribution in [0.5, 0.6) is 0 Å². The van der Waals surface area contributed by atoms with E-state index in [2.05, 4.69) is 17.6 Å². The molecule has 5 heteroatoms. The highest BCUT2D eigenvalue weighted by Gasteiger charge is 2.17. The van der Waals surface area contributed by atoms with Crippen LogP contribution in [-0.4, -0.2) is 52.0 Å². The second kappa shape index (κ2) is 8.44. The largest absolute Gasteiger partial charge is 0.382 e. The molecule has 1 aliphatic heterocycles. The summed E-state index contributed by atoms with van der Waals surface area (Å²) in [6.07, 6.45) is 2.36. The van der Waals surface area contributed by atoms with Crippen molar-refractivity contribution >= 4 is 5.91 Å². The molecule has 2 atom stereocenters. The molecular weight excluding hydrogens is 220 g/mol. The lowest BCUT2D eigenvalue weighted by Gasteiger charge is -2.27. The van der Waals surface area contributed by atoms with Crippen LogP contribution in [0.1, 0.15) is 19.8 Å². The molecule has 1 rings (SSSR count). The molecule has 1 heterocycles. The molecule has 0 aliphatic carbocycles. The van der Waals surface area contributed by atoms with Crippen molar-refractivity contribution in [3.63, 3.8) is 0 Å². The van der Waals surface area contributed by atoms with Gasteiger partial charge in [0.1, 0.15) is 6.61 Å². The minimum atomic E-state index is -0.0419. The molecule has 0 aromatic heterocycles. The molecule has 0 radical (unpaired) electrons. The highest BCUT2D eigenvalue weighted by atomic mass is 16.5. The molecule has 0 aromatic carbocycles. The summed E-state index contributed by atoms with van der Waals surface area (Å²) in [6, 6.07) is 0.610. The van der Waals surface area contributed by atoms with Gasteiger partial charge in [-0.15, -0.1) is 0 Å². The van der Waals surface area contributed by atoms with Gasteiger partial charge in [0.15, 0.2) is 0 Å². The lowest BCUT2D eigenvalue weighted by Crippen LogP contribution is -2.42. The van der Waals surface area contributed by atoms with Crippen molar-refractivity contribution in [1.82, 2.24) is 10.6 Å². The van der Waals surface area contributed by atoms with E-state index in [0.717, 1.165) is 13.1 Å². The third kappa shape index (κ3) is 6.61. The molecule has 2 unspecified atom stereocenters. The van der Waals surface area contributed by atoms with Gasteiger partial charge in [0.05, 0.1) is 13.2 Å². The summed E-state index contributed by atoms with van der Waals surface area (Å²) >= 11 is 0. The number of carbonyl (C=O) groups excluding carboxylic acids is 1. The van der Waals surface area contributed by atoms with Gasteiger partial charge in [0, 0.05) is 19.7 Å². The summed E-state index contributed by atoms with van der Waals surface area (Å²) in [5.74, 6) is 0.508. The van der Waals surface area contributed by atoms with Crippen molar-refractivity contribution < 1.29 is 14.3 Å². The van der Waals surface area contributed by atoms with Crippen molar-refractivity contribution in [3.8, 4) is 0 Å². The standard InChI is InChI=1S/C12H24N2O3/c1-10-3-4-11(7-13-10)8-14-12(15)9-17-6-5-16-2/h10-11,13H,3-9H2,1-2H3,(H,14,15). The Morgan fingerprint density at radius 1 is 1.41 bits per heavy atom. The maximum Gasteiger partial charge on any atom is 0.246 e. The fourth-order valence-electron chi connectivity index (χ4n) is 1.85. The average molecular weight is 244 g/mol. The van der Waals surface area contributed by atoms with Crippen molar-refractivity contribution in [1.29, 1.82) is 0 Å². The zero-order chi connectivity index (χ0) is 12.5. The lowest BCUT2D eigenvalue weighted by molar-refractivity contribution is -0.126. The lowest BCUT2D eigenvalue weighted by atomic mass is 9.95. The van der Waals surface area contributed by atoms with Crippen LogP contribution in [0, 0.1) is 5.92 Å². The molecule has 5 nitrogen and oxygen atoms in total. The number of nitrogens with one attached hydrogen (secondary N) is 2. The van der Waals surface area contributed by atoms with Crippen LogP contribution in [0.25, 0.3) is 0 Å². The molecule has 1 saturated heterocycles. The smallest absolute Gasteiger partial charge is 0.246 e. The van der Waals surface area contributed by atoms with Crippen molar-refractivity contribution in [3.05, 3.63) is 0 Å². The third-order valence-corrected chi connectivity index (χ3v) is 3.02. The van der Waals surface area contributed by atoms with E-state index < -0.39 is 0 Å². The minimum Gasteiger partial charge on any atom is -0.382 e. The van der Waals surface area contributed by atoms with Gasteiger partial charge in [-0.25, -0.2) is 0 Å². The van der Waals surface area contributed by atoms with Gasteiger partial charge >= 0.3 is 0 Å². The Labute approximate surface area is 103 Å². The Morgan fingerprint density at radius 3 is 2.88 bits per heavy atom. The molecule has 0 saturated carbocycles. The van der Waals surface area contributed by atoms with Crippen LogP contribution in [0.3, 0.4) is 0 Å². The summed E-state index contributed by atoms with van der Waals surface area (Å²) in [5, 5.41) is 6.32. The Bertz CT molecular complexity index is 216. The highest BCUT2D eigenvalue weighted by Crippen LogP contribution is 2.12. The minimum absolute atomic E-state index is 0.0419. The quantitative estimate of drug-likeness (QED) is 0.626. The first-order valence-corrected chi connectivity index (χ1v) is 6.29. The predicted octanol–water partition coefficient (Wildman–Crippen LogP) is 0.154. The summed E-state index contributed by atoms with van der Waals surface area (Å²) in [5.41, 5.74) is 0. The first-order valence-electron chi connectivity index (χ1n) is 6.29. The first-order chi connectivity index (χ1) is 8.22. The second-order valence-corrected chi connectivity index (χ2v) is 4.60. The first kappa shape index (κ1) is 14.4. The number of ether oxygens (including phenoxy) is 2. The monoisotopic (exact) mass is 244 g/mol. The fraction of sp³-hybridized carbons (Fsp3) is 0.917. The SMILES string of the molecule is COCCOCC(=O)NCC1CCC(C)NC1. The number of methoxy groups -OCH3 is 1. The van der Waals surface area contributed by atoms with E-state index in [9.17, 15) is 4.79 Å². The maximum atomic E-state index is 11.4. The zero-order valence-corrected chi connectivity index (χ0v) is 10.8. The second-order valence-electron chi connectivity index (χ2n) is 4.60. The van der Waals surface area contributed by atoms with E-state index in [4.69, 9.17) is 9.47 Å². The fourth-order valence-corrected chi connectivity index (χ4v) is 1.85. The van der Waals surface area contributed by atoms with Crippen LogP contribution < -0.4 is 10.6 Å².